The summed E-state index contributed by atoms with van der Waals surface area (Å²) in [6, 6.07) is 19.0. The highest BCUT2D eigenvalue weighted by Gasteiger charge is 2.23. The standard InChI is InChI=1S/C32H31F2N3O3S/c1-21-6-3-4-8-27(21)29-14-22(9-10-28(29)31(38)36-30(32(39)40)11-13-41-2)19-37(20-23-7-5-12-35-18-23)26-16-24(33)15-25(34)17-26/h3-10,12,14-18,30H,11,13,19-20H2,1-2H3,(H,36,38)(H,39,40). The Hall–Kier alpha value is -4.24. The molecule has 1 atom stereocenters. The molecular formula is C32H31F2N3O3S. The van der Waals surface area contributed by atoms with E-state index in [0.717, 1.165) is 28.3 Å². The van der Waals surface area contributed by atoms with Gasteiger partial charge in [-0.15, -0.1) is 0 Å². The number of amides is 1. The monoisotopic (exact) mass is 575 g/mol. The number of pyridine rings is 1. The van der Waals surface area contributed by atoms with Gasteiger partial charge >= 0.3 is 5.97 Å². The van der Waals surface area contributed by atoms with Crippen LogP contribution in [-0.2, 0) is 17.9 Å². The molecule has 6 nitrogen and oxygen atoms in total. The summed E-state index contributed by atoms with van der Waals surface area (Å²) >= 11 is 1.51. The number of rotatable bonds is 12. The van der Waals surface area contributed by atoms with E-state index in [-0.39, 0.29) is 6.54 Å². The van der Waals surface area contributed by atoms with E-state index >= 15 is 0 Å². The number of aromatic nitrogens is 1. The molecule has 0 aliphatic heterocycles. The lowest BCUT2D eigenvalue weighted by Crippen LogP contribution is -2.41. The summed E-state index contributed by atoms with van der Waals surface area (Å²) in [5, 5.41) is 12.3. The fourth-order valence-electron chi connectivity index (χ4n) is 4.61. The Morgan fingerprint density at radius 3 is 2.34 bits per heavy atom. The number of carbonyl (C=O) groups is 2. The molecule has 9 heteroatoms. The summed E-state index contributed by atoms with van der Waals surface area (Å²) in [5.41, 5.74) is 4.76. The van der Waals surface area contributed by atoms with E-state index in [1.165, 1.54) is 23.9 Å². The number of halogens is 2. The summed E-state index contributed by atoms with van der Waals surface area (Å²) < 4.78 is 28.4. The van der Waals surface area contributed by atoms with Crippen molar-refractivity contribution in [2.45, 2.75) is 32.5 Å². The molecule has 0 saturated heterocycles. The summed E-state index contributed by atoms with van der Waals surface area (Å²) in [6.07, 6.45) is 5.54. The van der Waals surface area contributed by atoms with E-state index in [2.05, 4.69) is 10.3 Å². The minimum atomic E-state index is -1.09. The number of aryl methyl sites for hydroxylation is 1. The van der Waals surface area contributed by atoms with Crippen LogP contribution >= 0.6 is 11.8 Å². The second-order valence-corrected chi connectivity index (χ2v) is 10.7. The molecule has 4 rings (SSSR count). The SMILES string of the molecule is CSCCC(NC(=O)c1ccc(CN(Cc2cccnc2)c2cc(F)cc(F)c2)cc1-c1ccccc1C)C(=O)O. The highest BCUT2D eigenvalue weighted by molar-refractivity contribution is 7.98. The highest BCUT2D eigenvalue weighted by Crippen LogP contribution is 2.30. The summed E-state index contributed by atoms with van der Waals surface area (Å²) in [6.45, 7) is 2.56. The maximum absolute atomic E-state index is 14.2. The molecule has 4 aromatic rings. The van der Waals surface area contributed by atoms with Gasteiger partial charge in [0.2, 0.25) is 0 Å². The fourth-order valence-corrected chi connectivity index (χ4v) is 5.08. The number of anilines is 1. The molecule has 0 aliphatic carbocycles. The van der Waals surface area contributed by atoms with Crippen molar-refractivity contribution >= 4 is 29.3 Å². The Kier molecular flexibility index (Phi) is 10.1. The van der Waals surface area contributed by atoms with Crippen LogP contribution in [0.15, 0.2) is 85.2 Å². The van der Waals surface area contributed by atoms with Crippen LogP contribution in [-0.4, -0.2) is 40.0 Å². The van der Waals surface area contributed by atoms with Gasteiger partial charge in [0.25, 0.3) is 5.91 Å². The maximum Gasteiger partial charge on any atom is 0.326 e. The molecule has 3 aromatic carbocycles. The van der Waals surface area contributed by atoms with E-state index in [9.17, 15) is 23.5 Å². The van der Waals surface area contributed by atoms with E-state index in [1.807, 2.05) is 54.5 Å². The number of carboxylic acids is 1. The number of nitrogens with one attached hydrogen (secondary N) is 1. The first kappa shape index (κ1) is 29.7. The van der Waals surface area contributed by atoms with Crippen molar-refractivity contribution in [2.75, 3.05) is 16.9 Å². The van der Waals surface area contributed by atoms with Gasteiger partial charge in [-0.1, -0.05) is 36.4 Å². The van der Waals surface area contributed by atoms with Gasteiger partial charge in [-0.05, 0) is 83.5 Å². The zero-order valence-corrected chi connectivity index (χ0v) is 23.6. The minimum absolute atomic E-state index is 0.282. The molecule has 2 N–H and O–H groups in total. The largest absolute Gasteiger partial charge is 0.480 e. The van der Waals surface area contributed by atoms with Crippen LogP contribution in [0.5, 0.6) is 0 Å². The smallest absolute Gasteiger partial charge is 0.326 e. The molecule has 41 heavy (non-hydrogen) atoms. The topological polar surface area (TPSA) is 82.5 Å². The molecule has 1 aromatic heterocycles. The number of hydrogen-bond donors (Lipinski definition) is 2. The lowest BCUT2D eigenvalue weighted by atomic mass is 9.93. The predicted octanol–water partition coefficient (Wildman–Crippen LogP) is 6.48. The van der Waals surface area contributed by atoms with Crippen molar-refractivity contribution in [3.05, 3.63) is 119 Å². The zero-order chi connectivity index (χ0) is 29.4. The van der Waals surface area contributed by atoms with Gasteiger partial charge in [0.1, 0.15) is 17.7 Å². The second-order valence-electron chi connectivity index (χ2n) is 9.69. The molecule has 1 unspecified atom stereocenters. The molecule has 0 bridgehead atoms. The number of nitrogens with zero attached hydrogens (tertiary/aromatic N) is 2. The molecule has 0 saturated carbocycles. The minimum Gasteiger partial charge on any atom is -0.480 e. The Morgan fingerprint density at radius 2 is 1.68 bits per heavy atom. The van der Waals surface area contributed by atoms with E-state index in [0.29, 0.717) is 35.5 Å². The average molecular weight is 576 g/mol. The van der Waals surface area contributed by atoms with E-state index in [1.54, 1.807) is 30.6 Å². The number of benzene rings is 3. The number of aliphatic carboxylic acids is 1. The molecular weight excluding hydrogens is 544 g/mol. The van der Waals surface area contributed by atoms with Gasteiger partial charge in [0, 0.05) is 42.8 Å². The Bertz CT molecular complexity index is 1500. The van der Waals surface area contributed by atoms with E-state index < -0.39 is 29.6 Å². The number of carbonyl (C=O) groups excluding carboxylic acids is 1. The van der Waals surface area contributed by atoms with Crippen LogP contribution in [0.25, 0.3) is 11.1 Å². The molecule has 0 spiro atoms. The van der Waals surface area contributed by atoms with E-state index in [4.69, 9.17) is 0 Å². The zero-order valence-electron chi connectivity index (χ0n) is 22.8. The Morgan fingerprint density at radius 1 is 0.951 bits per heavy atom. The molecule has 0 fully saturated rings. The number of carboxylic acid groups (broad SMARTS) is 1. The fraction of sp³-hybridized carbons (Fsp3) is 0.219. The average Bonchev–Trinajstić information content (AvgIpc) is 2.95. The van der Waals surface area contributed by atoms with Crippen molar-refractivity contribution in [3.63, 3.8) is 0 Å². The molecule has 0 aliphatic rings. The van der Waals surface area contributed by atoms with Gasteiger partial charge in [-0.3, -0.25) is 9.78 Å². The highest BCUT2D eigenvalue weighted by atomic mass is 32.2. The third-order valence-electron chi connectivity index (χ3n) is 6.66. The summed E-state index contributed by atoms with van der Waals surface area (Å²) in [7, 11) is 0. The van der Waals surface area contributed by atoms with Crippen LogP contribution in [0.2, 0.25) is 0 Å². The Balaban J connectivity index is 1.74. The Labute approximate surface area is 242 Å². The van der Waals surface area contributed by atoms with Crippen molar-refractivity contribution < 1.29 is 23.5 Å². The van der Waals surface area contributed by atoms with Crippen LogP contribution in [0, 0.1) is 18.6 Å². The van der Waals surface area contributed by atoms with Crippen molar-refractivity contribution in [1.82, 2.24) is 10.3 Å². The van der Waals surface area contributed by atoms with Crippen molar-refractivity contribution in [1.29, 1.82) is 0 Å². The normalized spacial score (nSPS) is 11.6. The molecule has 1 heterocycles. The molecule has 0 radical (unpaired) electrons. The first-order valence-electron chi connectivity index (χ1n) is 13.1. The maximum atomic E-state index is 14.2. The lowest BCUT2D eigenvalue weighted by Gasteiger charge is -2.26. The van der Waals surface area contributed by atoms with Gasteiger partial charge < -0.3 is 15.3 Å². The second kappa shape index (κ2) is 13.9. The van der Waals surface area contributed by atoms with Gasteiger partial charge in [-0.2, -0.15) is 11.8 Å². The van der Waals surface area contributed by atoms with Gasteiger partial charge in [0.05, 0.1) is 0 Å². The third-order valence-corrected chi connectivity index (χ3v) is 7.30. The quantitative estimate of drug-likeness (QED) is 0.201. The van der Waals surface area contributed by atoms with Crippen LogP contribution in [0.1, 0.15) is 33.5 Å². The van der Waals surface area contributed by atoms with Crippen molar-refractivity contribution in [3.8, 4) is 11.1 Å². The first-order chi connectivity index (χ1) is 19.7. The van der Waals surface area contributed by atoms with Gasteiger partial charge in [0.15, 0.2) is 0 Å². The van der Waals surface area contributed by atoms with Crippen LogP contribution in [0.4, 0.5) is 14.5 Å². The molecule has 212 valence electrons. The lowest BCUT2D eigenvalue weighted by molar-refractivity contribution is -0.139. The summed E-state index contributed by atoms with van der Waals surface area (Å²) in [4.78, 5) is 31.2. The van der Waals surface area contributed by atoms with Crippen LogP contribution in [0.3, 0.4) is 0 Å². The van der Waals surface area contributed by atoms with Crippen molar-refractivity contribution in [2.24, 2.45) is 0 Å². The number of thioether (sulfide) groups is 1. The third kappa shape index (κ3) is 7.91. The van der Waals surface area contributed by atoms with Gasteiger partial charge in [-0.25, -0.2) is 13.6 Å². The summed E-state index contributed by atoms with van der Waals surface area (Å²) in [5.74, 6) is -2.34. The first-order valence-corrected chi connectivity index (χ1v) is 14.5. The molecule has 1 amide bonds. The predicted molar refractivity (Wildman–Crippen MR) is 159 cm³/mol. The number of hydrogen-bond acceptors (Lipinski definition) is 5. The van der Waals surface area contributed by atoms with Crippen LogP contribution < -0.4 is 10.2 Å².